The van der Waals surface area contributed by atoms with Gasteiger partial charge in [0.2, 0.25) is 0 Å². The summed E-state index contributed by atoms with van der Waals surface area (Å²) in [5, 5.41) is 0.768. The number of esters is 1. The van der Waals surface area contributed by atoms with Gasteiger partial charge >= 0.3 is 11.9 Å². The molecule has 0 spiro atoms. The number of ether oxygens (including phenoxy) is 3. The molecular formula is C25H26N2O6S. The van der Waals surface area contributed by atoms with Crippen LogP contribution < -0.4 is 9.54 Å². The van der Waals surface area contributed by atoms with Crippen LogP contribution in [0.4, 0.5) is 0 Å². The van der Waals surface area contributed by atoms with Crippen molar-refractivity contribution in [1.82, 2.24) is 4.57 Å². The molecule has 0 atom stereocenters. The fourth-order valence-corrected chi connectivity index (χ4v) is 4.66. The summed E-state index contributed by atoms with van der Waals surface area (Å²) in [6.07, 6.45) is 0. The zero-order chi connectivity index (χ0) is 24.1. The third kappa shape index (κ3) is 4.90. The third-order valence-corrected chi connectivity index (χ3v) is 6.11. The minimum Gasteiger partial charge on any atom is -0.490 e. The summed E-state index contributed by atoms with van der Waals surface area (Å²) < 4.78 is 24.8. The Morgan fingerprint density at radius 2 is 1.91 bits per heavy atom. The molecule has 0 unspecified atom stereocenters. The maximum Gasteiger partial charge on any atom is 0.338 e. The zero-order valence-electron chi connectivity index (χ0n) is 19.3. The summed E-state index contributed by atoms with van der Waals surface area (Å²) in [4.78, 5) is 30.1. The molecule has 2 heterocycles. The molecule has 0 aliphatic heterocycles. The monoisotopic (exact) mass is 482 g/mol. The molecule has 0 bridgehead atoms. The zero-order valence-corrected chi connectivity index (χ0v) is 20.1. The van der Waals surface area contributed by atoms with Gasteiger partial charge in [0.1, 0.15) is 0 Å². The Balaban J connectivity index is 1.76. The van der Waals surface area contributed by atoms with Crippen LogP contribution in [0.2, 0.25) is 0 Å². The van der Waals surface area contributed by atoms with Gasteiger partial charge in [-0.3, -0.25) is 4.79 Å². The number of carbonyl (C=O) groups is 2. The minimum absolute atomic E-state index is 0.128. The number of hydrogen-bond acceptors (Lipinski definition) is 7. The smallest absolute Gasteiger partial charge is 0.338 e. The maximum absolute atomic E-state index is 13.1. The molecule has 0 saturated heterocycles. The average Bonchev–Trinajstić information content (AvgIpc) is 3.41. The third-order valence-electron chi connectivity index (χ3n) is 5.07. The first kappa shape index (κ1) is 23.7. The lowest BCUT2D eigenvalue weighted by molar-refractivity contribution is 0.0526. The normalized spacial score (nSPS) is 11.9. The summed E-state index contributed by atoms with van der Waals surface area (Å²) in [5.41, 5.74) is 1.82. The lowest BCUT2D eigenvalue weighted by atomic mass is 10.2. The number of hydrogen-bond donors (Lipinski definition) is 0. The number of amides is 1. The van der Waals surface area contributed by atoms with Crippen molar-refractivity contribution in [2.75, 3.05) is 26.4 Å². The standard InChI is InChI=1S/C25H26N2O6S/c1-4-30-13-12-27-18-11-10-17(24(29)32-6-3)15-21(18)34-25(27)26-23(28)20-14-16-8-7-9-19(31-5-2)22(16)33-20/h7-11,14-15H,4-6,12-13H2,1-3H3. The molecule has 8 nitrogen and oxygen atoms in total. The number of aromatic nitrogens is 1. The first-order valence-electron chi connectivity index (χ1n) is 11.2. The number of rotatable bonds is 9. The van der Waals surface area contributed by atoms with E-state index in [1.807, 2.05) is 36.6 Å². The second-order valence-electron chi connectivity index (χ2n) is 7.27. The Hall–Kier alpha value is -3.43. The van der Waals surface area contributed by atoms with Crippen LogP contribution in [-0.2, 0) is 16.0 Å². The van der Waals surface area contributed by atoms with Crippen LogP contribution in [-0.4, -0.2) is 42.9 Å². The molecule has 34 heavy (non-hydrogen) atoms. The topological polar surface area (TPSA) is 92.3 Å². The Labute approximate surface area is 200 Å². The summed E-state index contributed by atoms with van der Waals surface area (Å²) in [6, 6.07) is 12.5. The predicted octanol–water partition coefficient (Wildman–Crippen LogP) is 4.80. The van der Waals surface area contributed by atoms with Gasteiger partial charge in [0.25, 0.3) is 0 Å². The van der Waals surface area contributed by atoms with Crippen molar-refractivity contribution in [3.63, 3.8) is 0 Å². The van der Waals surface area contributed by atoms with E-state index in [4.69, 9.17) is 18.6 Å². The number of benzene rings is 2. The van der Waals surface area contributed by atoms with Crippen molar-refractivity contribution in [2.24, 2.45) is 4.99 Å². The van der Waals surface area contributed by atoms with Gasteiger partial charge in [0.15, 0.2) is 21.9 Å². The van der Waals surface area contributed by atoms with Gasteiger partial charge in [-0.1, -0.05) is 23.5 Å². The molecule has 4 rings (SSSR count). The van der Waals surface area contributed by atoms with Crippen molar-refractivity contribution >= 4 is 44.4 Å². The Bertz CT molecular complexity index is 1400. The molecule has 9 heteroatoms. The lowest BCUT2D eigenvalue weighted by Crippen LogP contribution is -2.19. The number of fused-ring (bicyclic) bond motifs is 2. The average molecular weight is 483 g/mol. The predicted molar refractivity (Wildman–Crippen MR) is 130 cm³/mol. The van der Waals surface area contributed by atoms with E-state index < -0.39 is 5.91 Å². The van der Waals surface area contributed by atoms with Crippen molar-refractivity contribution in [3.8, 4) is 5.75 Å². The number of nitrogens with zero attached hydrogens (tertiary/aromatic N) is 2. The SMILES string of the molecule is CCOCCn1c(=NC(=O)c2cc3cccc(OCC)c3o2)sc2cc(C(=O)OCC)ccc21. The molecule has 0 N–H and O–H groups in total. The van der Waals surface area contributed by atoms with E-state index in [-0.39, 0.29) is 11.7 Å². The van der Waals surface area contributed by atoms with Crippen molar-refractivity contribution in [1.29, 1.82) is 0 Å². The van der Waals surface area contributed by atoms with Gasteiger partial charge in [-0.15, -0.1) is 0 Å². The minimum atomic E-state index is -0.499. The largest absolute Gasteiger partial charge is 0.490 e. The quantitative estimate of drug-likeness (QED) is 0.251. The first-order chi connectivity index (χ1) is 16.5. The van der Waals surface area contributed by atoms with E-state index in [2.05, 4.69) is 4.99 Å². The van der Waals surface area contributed by atoms with E-state index in [1.54, 1.807) is 31.2 Å². The molecule has 1 amide bonds. The van der Waals surface area contributed by atoms with Gasteiger partial charge in [0.05, 0.1) is 35.6 Å². The van der Waals surface area contributed by atoms with E-state index in [9.17, 15) is 9.59 Å². The van der Waals surface area contributed by atoms with Crippen molar-refractivity contribution in [2.45, 2.75) is 27.3 Å². The van der Waals surface area contributed by atoms with E-state index in [0.29, 0.717) is 54.7 Å². The summed E-state index contributed by atoms with van der Waals surface area (Å²) in [6.45, 7) is 7.92. The first-order valence-corrected chi connectivity index (χ1v) is 12.0. The fraction of sp³-hybridized carbons (Fsp3) is 0.320. The molecule has 0 saturated carbocycles. The summed E-state index contributed by atoms with van der Waals surface area (Å²) in [7, 11) is 0. The molecule has 178 valence electrons. The van der Waals surface area contributed by atoms with Crippen LogP contribution in [0.5, 0.6) is 5.75 Å². The fourth-order valence-electron chi connectivity index (χ4n) is 3.57. The number of carbonyl (C=O) groups excluding carboxylic acids is 2. The highest BCUT2D eigenvalue weighted by molar-refractivity contribution is 7.16. The highest BCUT2D eigenvalue weighted by Crippen LogP contribution is 2.29. The Morgan fingerprint density at radius 1 is 1.06 bits per heavy atom. The van der Waals surface area contributed by atoms with Gasteiger partial charge in [-0.05, 0) is 51.1 Å². The number of thiazole rings is 1. The van der Waals surface area contributed by atoms with Crippen LogP contribution in [0, 0.1) is 0 Å². The molecule has 0 aliphatic carbocycles. The van der Waals surface area contributed by atoms with Crippen LogP contribution >= 0.6 is 11.3 Å². The molecule has 4 aromatic rings. The lowest BCUT2D eigenvalue weighted by Gasteiger charge is -2.06. The van der Waals surface area contributed by atoms with Crippen LogP contribution in [0.1, 0.15) is 41.7 Å². The molecular weight excluding hydrogens is 456 g/mol. The molecule has 2 aromatic carbocycles. The van der Waals surface area contributed by atoms with E-state index in [1.165, 1.54) is 11.3 Å². The Kier molecular flexibility index (Phi) is 7.44. The van der Waals surface area contributed by atoms with Crippen molar-refractivity contribution in [3.05, 3.63) is 58.6 Å². The molecule has 0 radical (unpaired) electrons. The molecule has 2 aromatic heterocycles. The number of furan rings is 1. The van der Waals surface area contributed by atoms with Gasteiger partial charge in [0, 0.05) is 18.5 Å². The maximum atomic E-state index is 13.1. The Morgan fingerprint density at radius 3 is 2.68 bits per heavy atom. The highest BCUT2D eigenvalue weighted by atomic mass is 32.1. The highest BCUT2D eigenvalue weighted by Gasteiger charge is 2.17. The summed E-state index contributed by atoms with van der Waals surface area (Å²) >= 11 is 1.32. The van der Waals surface area contributed by atoms with Crippen LogP contribution in [0.25, 0.3) is 21.2 Å². The van der Waals surface area contributed by atoms with Gasteiger partial charge in [-0.25, -0.2) is 4.79 Å². The second-order valence-corrected chi connectivity index (χ2v) is 8.28. The van der Waals surface area contributed by atoms with Gasteiger partial charge in [-0.2, -0.15) is 4.99 Å². The van der Waals surface area contributed by atoms with Crippen LogP contribution in [0.15, 0.2) is 51.9 Å². The second kappa shape index (κ2) is 10.7. The van der Waals surface area contributed by atoms with Crippen molar-refractivity contribution < 1.29 is 28.2 Å². The molecule has 0 aliphatic rings. The van der Waals surface area contributed by atoms with Gasteiger partial charge < -0.3 is 23.2 Å². The van der Waals surface area contributed by atoms with Crippen LogP contribution in [0.3, 0.4) is 0 Å². The molecule has 0 fully saturated rings. The number of para-hydroxylation sites is 1. The van der Waals surface area contributed by atoms with E-state index in [0.717, 1.165) is 15.6 Å². The van der Waals surface area contributed by atoms with E-state index >= 15 is 0 Å². The summed E-state index contributed by atoms with van der Waals surface area (Å²) in [5.74, 6) is -0.177.